The molecule has 1 spiro atoms. The third-order valence-corrected chi connectivity index (χ3v) is 11.9. The largest absolute Gasteiger partial charge is 0.462 e. The molecule has 5 aliphatic rings. The Morgan fingerprint density at radius 2 is 1.89 bits per heavy atom. The van der Waals surface area contributed by atoms with Gasteiger partial charge in [-0.05, 0) is 92.4 Å². The maximum atomic E-state index is 12.6. The van der Waals surface area contributed by atoms with Crippen LogP contribution < -0.4 is 0 Å². The zero-order valence-electron chi connectivity index (χ0n) is 22.7. The number of hydrogen-bond donors (Lipinski definition) is 2. The van der Waals surface area contributed by atoms with Gasteiger partial charge < -0.3 is 19.7 Å². The number of carbonyl (C=O) groups excluding carboxylic acids is 2. The highest BCUT2D eigenvalue weighted by molar-refractivity contribution is 5.85. The molecule has 36 heavy (non-hydrogen) atoms. The molecule has 1 heterocycles. The van der Waals surface area contributed by atoms with Crippen LogP contribution >= 0.6 is 0 Å². The summed E-state index contributed by atoms with van der Waals surface area (Å²) in [5.41, 5.74) is -0.731. The fourth-order valence-corrected chi connectivity index (χ4v) is 9.94. The van der Waals surface area contributed by atoms with Gasteiger partial charge in [0.2, 0.25) is 0 Å². The third kappa shape index (κ3) is 3.97. The second-order valence-electron chi connectivity index (χ2n) is 13.6. The van der Waals surface area contributed by atoms with Crippen LogP contribution in [-0.4, -0.2) is 46.6 Å². The minimum atomic E-state index is -1.15. The first kappa shape index (κ1) is 26.2. The number of carbonyl (C=O) groups is 2. The average molecular weight is 503 g/mol. The van der Waals surface area contributed by atoms with Crippen molar-refractivity contribution >= 4 is 11.9 Å². The molecule has 8 atom stereocenters. The number of aliphatic hydroxyl groups excluding tert-OH is 1. The van der Waals surface area contributed by atoms with Crippen molar-refractivity contribution in [2.45, 2.75) is 123 Å². The summed E-state index contributed by atoms with van der Waals surface area (Å²) < 4.78 is 11.2. The first-order valence-electron chi connectivity index (χ1n) is 14.4. The van der Waals surface area contributed by atoms with Crippen LogP contribution in [0.3, 0.4) is 0 Å². The van der Waals surface area contributed by atoms with Gasteiger partial charge in [-0.2, -0.15) is 0 Å². The normalized spacial score (nSPS) is 45.9. The molecule has 4 saturated carbocycles. The Hall–Kier alpha value is -1.40. The van der Waals surface area contributed by atoms with Gasteiger partial charge in [0, 0.05) is 24.3 Å². The van der Waals surface area contributed by atoms with Crippen molar-refractivity contribution in [3.63, 3.8) is 0 Å². The predicted octanol–water partition coefficient (Wildman–Crippen LogP) is 5.10. The number of ether oxygens (including phenoxy) is 2. The number of fused-ring (bicyclic) bond motifs is 1. The standard InChI is InChI=1S/C30H46O6/c1-19-15-23(36-20(2)31)26-27(3,22-8-13-29(17-22)10-5-6-11-29)12-9-24(32)28(26,4)30(19,34)14-7-21-16-25(33)35-18-21/h16,19,22-24,26,32,34H,5-15,17-18H2,1-4H3. The van der Waals surface area contributed by atoms with Crippen LogP contribution in [0.4, 0.5) is 0 Å². The van der Waals surface area contributed by atoms with Crippen LogP contribution in [0.2, 0.25) is 0 Å². The smallest absolute Gasteiger partial charge is 0.331 e. The predicted molar refractivity (Wildman–Crippen MR) is 136 cm³/mol. The maximum Gasteiger partial charge on any atom is 0.331 e. The van der Waals surface area contributed by atoms with Gasteiger partial charge in [-0.15, -0.1) is 0 Å². The van der Waals surface area contributed by atoms with Gasteiger partial charge in [0.05, 0.1) is 11.7 Å². The van der Waals surface area contributed by atoms with E-state index in [0.717, 1.165) is 12.0 Å². The Labute approximate surface area is 216 Å². The first-order valence-corrected chi connectivity index (χ1v) is 14.4. The fourth-order valence-electron chi connectivity index (χ4n) is 9.94. The van der Waals surface area contributed by atoms with Gasteiger partial charge in [-0.1, -0.05) is 33.6 Å². The Morgan fingerprint density at radius 3 is 2.53 bits per heavy atom. The van der Waals surface area contributed by atoms with Crippen molar-refractivity contribution in [2.24, 2.45) is 34.0 Å². The van der Waals surface area contributed by atoms with Crippen LogP contribution in [0.25, 0.3) is 0 Å². The molecular weight excluding hydrogens is 456 g/mol. The second-order valence-corrected chi connectivity index (χ2v) is 13.6. The molecule has 0 radical (unpaired) electrons. The van der Waals surface area contributed by atoms with Gasteiger partial charge in [-0.3, -0.25) is 4.79 Å². The third-order valence-electron chi connectivity index (χ3n) is 11.9. The number of esters is 2. The molecule has 0 aromatic carbocycles. The molecular formula is C30H46O6. The van der Waals surface area contributed by atoms with E-state index in [2.05, 4.69) is 13.8 Å². The zero-order valence-corrected chi connectivity index (χ0v) is 22.7. The molecule has 8 unspecified atom stereocenters. The van der Waals surface area contributed by atoms with Crippen LogP contribution in [0.5, 0.6) is 0 Å². The number of hydrogen-bond acceptors (Lipinski definition) is 6. The van der Waals surface area contributed by atoms with Gasteiger partial charge in [0.1, 0.15) is 12.7 Å². The van der Waals surface area contributed by atoms with Crippen molar-refractivity contribution in [1.29, 1.82) is 0 Å². The summed E-state index contributed by atoms with van der Waals surface area (Å²) in [4.78, 5) is 23.9. The van der Waals surface area contributed by atoms with E-state index in [4.69, 9.17) is 9.47 Å². The van der Waals surface area contributed by atoms with E-state index in [1.54, 1.807) is 6.08 Å². The quantitative estimate of drug-likeness (QED) is 0.508. The molecule has 0 aromatic heterocycles. The summed E-state index contributed by atoms with van der Waals surface area (Å²) in [6.45, 7) is 8.23. The lowest BCUT2D eigenvalue weighted by atomic mass is 9.40. The zero-order chi connectivity index (χ0) is 25.9. The maximum absolute atomic E-state index is 12.6. The minimum Gasteiger partial charge on any atom is -0.462 e. The summed E-state index contributed by atoms with van der Waals surface area (Å²) in [5.74, 6) is -0.390. The lowest BCUT2D eigenvalue weighted by molar-refractivity contribution is -0.290. The second kappa shape index (κ2) is 9.11. The highest BCUT2D eigenvalue weighted by Crippen LogP contribution is 2.69. The summed E-state index contributed by atoms with van der Waals surface area (Å²) in [6.07, 6.45) is 12.7. The Balaban J connectivity index is 1.52. The number of aliphatic hydroxyl groups is 2. The number of cyclic esters (lactones) is 1. The first-order chi connectivity index (χ1) is 16.9. The summed E-state index contributed by atoms with van der Waals surface area (Å²) in [6, 6.07) is 0. The summed E-state index contributed by atoms with van der Waals surface area (Å²) in [7, 11) is 0. The lowest BCUT2D eigenvalue weighted by Gasteiger charge is -2.67. The van der Waals surface area contributed by atoms with Crippen LogP contribution in [-0.2, 0) is 19.1 Å². The van der Waals surface area contributed by atoms with E-state index >= 15 is 0 Å². The van der Waals surface area contributed by atoms with Gasteiger partial charge >= 0.3 is 11.9 Å². The molecule has 0 bridgehead atoms. The van der Waals surface area contributed by atoms with Crippen molar-refractivity contribution in [3.8, 4) is 0 Å². The number of rotatable bonds is 5. The van der Waals surface area contributed by atoms with E-state index in [-0.39, 0.29) is 41.9 Å². The monoisotopic (exact) mass is 502 g/mol. The highest BCUT2D eigenvalue weighted by Gasteiger charge is 2.70. The lowest BCUT2D eigenvalue weighted by Crippen LogP contribution is -2.72. The van der Waals surface area contributed by atoms with E-state index < -0.39 is 17.1 Å². The molecule has 5 rings (SSSR count). The van der Waals surface area contributed by atoms with Crippen molar-refractivity contribution < 1.29 is 29.3 Å². The molecule has 6 heteroatoms. The van der Waals surface area contributed by atoms with E-state index in [1.807, 2.05) is 6.92 Å². The molecule has 4 aliphatic carbocycles. The molecule has 0 aromatic rings. The highest BCUT2D eigenvalue weighted by atomic mass is 16.5. The minimum absolute atomic E-state index is 0.125. The Morgan fingerprint density at radius 1 is 1.17 bits per heavy atom. The average Bonchev–Trinajstić information content (AvgIpc) is 3.56. The van der Waals surface area contributed by atoms with E-state index in [9.17, 15) is 19.8 Å². The Bertz CT molecular complexity index is 920. The SMILES string of the molecule is CC(=O)OC1CC(C)C(O)(CCC2=CC(=O)OC2)C2(C)C(O)CCC(C)(C3CCC4(CCCC4)C3)C12. The van der Waals surface area contributed by atoms with Crippen LogP contribution in [0.1, 0.15) is 105 Å². The molecule has 202 valence electrons. The molecule has 0 saturated heterocycles. The molecule has 1 aliphatic heterocycles. The van der Waals surface area contributed by atoms with Crippen molar-refractivity contribution in [3.05, 3.63) is 11.6 Å². The molecule has 2 N–H and O–H groups in total. The Kier molecular flexibility index (Phi) is 6.64. The van der Waals surface area contributed by atoms with Crippen molar-refractivity contribution in [1.82, 2.24) is 0 Å². The van der Waals surface area contributed by atoms with Crippen molar-refractivity contribution in [2.75, 3.05) is 6.61 Å². The van der Waals surface area contributed by atoms with Crippen LogP contribution in [0.15, 0.2) is 11.6 Å². The van der Waals surface area contributed by atoms with Gasteiger partial charge in [-0.25, -0.2) is 4.79 Å². The molecule has 6 nitrogen and oxygen atoms in total. The van der Waals surface area contributed by atoms with Gasteiger partial charge in [0.25, 0.3) is 0 Å². The molecule has 0 amide bonds. The van der Waals surface area contributed by atoms with Crippen LogP contribution in [0, 0.1) is 34.0 Å². The fraction of sp³-hybridized carbons (Fsp3) is 0.867. The van der Waals surface area contributed by atoms with E-state index in [0.29, 0.717) is 37.0 Å². The van der Waals surface area contributed by atoms with E-state index in [1.165, 1.54) is 51.9 Å². The van der Waals surface area contributed by atoms with Gasteiger partial charge in [0.15, 0.2) is 0 Å². The summed E-state index contributed by atoms with van der Waals surface area (Å²) in [5, 5.41) is 24.3. The molecule has 4 fully saturated rings. The summed E-state index contributed by atoms with van der Waals surface area (Å²) >= 11 is 0. The topological polar surface area (TPSA) is 93.1 Å².